The molecular weight excluding hydrogens is 687 g/mol. The summed E-state index contributed by atoms with van der Waals surface area (Å²) >= 11 is 1.89. The minimum Gasteiger partial charge on any atom is -0.297 e. The third-order valence-corrected chi connectivity index (χ3v) is 13.1. The van der Waals surface area contributed by atoms with Crippen LogP contribution in [0.25, 0.3) is 96.9 Å². The van der Waals surface area contributed by atoms with E-state index in [-0.39, 0.29) is 6.04 Å². The van der Waals surface area contributed by atoms with E-state index >= 15 is 0 Å². The Labute approximate surface area is 320 Å². The lowest BCUT2D eigenvalue weighted by molar-refractivity contribution is 0.911. The van der Waals surface area contributed by atoms with E-state index in [4.69, 9.17) is 9.97 Å². The third kappa shape index (κ3) is 3.99. The minimum absolute atomic E-state index is 0.0737. The second-order valence-corrected chi connectivity index (χ2v) is 15.8. The molecule has 2 aliphatic rings. The Bertz CT molecular complexity index is 3440. The summed E-state index contributed by atoms with van der Waals surface area (Å²) in [6.07, 6.45) is 0. The molecule has 0 saturated heterocycles. The molecule has 1 unspecified atom stereocenters. The highest BCUT2D eigenvalue weighted by Crippen LogP contribution is 2.64. The van der Waals surface area contributed by atoms with Gasteiger partial charge in [-0.25, -0.2) is 9.97 Å². The normalized spacial score (nSPS) is 14.3. The van der Waals surface area contributed by atoms with Crippen molar-refractivity contribution < 1.29 is 0 Å². The standard InChI is InChI=1S/C51H29N3S/c1-2-13-29(14-3-1)30-25-27-31(28-26-30)46-45-34-17-6-4-15-32(34)33-16-5-9-20-37(33)47(45)53-51(52-46)54-48-40-23-12-22-39(43(40)48)42-35-18-7-8-19-36(35)44-38-21-10-11-24-41(38)55-50(44)49(42)54/h1-28,48H. The summed E-state index contributed by atoms with van der Waals surface area (Å²) in [5.74, 6) is 0.734. The lowest BCUT2D eigenvalue weighted by Crippen LogP contribution is -2.21. The van der Waals surface area contributed by atoms with Gasteiger partial charge in [-0.2, -0.15) is 0 Å². The first kappa shape index (κ1) is 29.6. The van der Waals surface area contributed by atoms with Crippen LogP contribution in [0.2, 0.25) is 0 Å². The molecule has 0 fully saturated rings. The molecule has 55 heavy (non-hydrogen) atoms. The molecule has 254 valence electrons. The second-order valence-electron chi connectivity index (χ2n) is 14.8. The summed E-state index contributed by atoms with van der Waals surface area (Å²) in [6.45, 7) is 0. The molecule has 0 spiro atoms. The SMILES string of the molecule is c1ccc(-c2ccc(-c3nc(N4c5c(c6ccccc6c6c5sc5ccccc56)-c5cccc6c5C64)nc4c5ccccc5c5ccccc5c34)cc2)cc1. The van der Waals surface area contributed by atoms with Crippen LogP contribution in [0, 0.1) is 0 Å². The van der Waals surface area contributed by atoms with E-state index in [1.165, 1.54) is 86.2 Å². The molecule has 3 heterocycles. The van der Waals surface area contributed by atoms with Crippen molar-refractivity contribution in [1.29, 1.82) is 0 Å². The molecule has 2 aromatic heterocycles. The predicted octanol–water partition coefficient (Wildman–Crippen LogP) is 14.0. The maximum Gasteiger partial charge on any atom is 0.232 e. The maximum absolute atomic E-state index is 5.73. The van der Waals surface area contributed by atoms with Gasteiger partial charge in [0.2, 0.25) is 5.95 Å². The lowest BCUT2D eigenvalue weighted by atomic mass is 9.90. The lowest BCUT2D eigenvalue weighted by Gasteiger charge is -2.31. The fraction of sp³-hybridized carbons (Fsp3) is 0.0196. The molecule has 13 rings (SSSR count). The number of nitrogens with zero attached hydrogens (tertiary/aromatic N) is 3. The second kappa shape index (κ2) is 10.8. The Balaban J connectivity index is 1.17. The van der Waals surface area contributed by atoms with Crippen LogP contribution >= 0.6 is 11.3 Å². The molecule has 0 amide bonds. The Hall–Kier alpha value is -6.88. The van der Waals surface area contributed by atoms with Crippen molar-refractivity contribution in [2.75, 3.05) is 4.90 Å². The Morgan fingerprint density at radius 2 is 1.05 bits per heavy atom. The Morgan fingerprint density at radius 3 is 1.84 bits per heavy atom. The van der Waals surface area contributed by atoms with Crippen LogP contribution in [-0.4, -0.2) is 9.97 Å². The number of anilines is 2. The number of hydrogen-bond donors (Lipinski definition) is 0. The van der Waals surface area contributed by atoms with Gasteiger partial charge in [-0.1, -0.05) is 164 Å². The van der Waals surface area contributed by atoms with E-state index in [0.29, 0.717) is 0 Å². The monoisotopic (exact) mass is 715 g/mol. The Kier molecular flexibility index (Phi) is 5.83. The van der Waals surface area contributed by atoms with Gasteiger partial charge in [-0.15, -0.1) is 11.3 Å². The average molecular weight is 716 g/mol. The molecular formula is C51H29N3S. The van der Waals surface area contributed by atoms with Gasteiger partial charge in [-0.3, -0.25) is 4.90 Å². The van der Waals surface area contributed by atoms with Gasteiger partial charge < -0.3 is 0 Å². The zero-order valence-electron chi connectivity index (χ0n) is 29.5. The first-order valence-electron chi connectivity index (χ1n) is 18.9. The molecule has 0 saturated carbocycles. The van der Waals surface area contributed by atoms with Gasteiger partial charge in [0.1, 0.15) is 0 Å². The molecule has 0 N–H and O–H groups in total. The van der Waals surface area contributed by atoms with Crippen LogP contribution in [0.15, 0.2) is 170 Å². The number of aromatic nitrogens is 2. The number of fused-ring (bicyclic) bond motifs is 16. The Morgan fingerprint density at radius 1 is 0.455 bits per heavy atom. The molecule has 0 radical (unpaired) electrons. The first-order valence-corrected chi connectivity index (χ1v) is 19.7. The van der Waals surface area contributed by atoms with E-state index in [9.17, 15) is 0 Å². The van der Waals surface area contributed by atoms with E-state index in [1.54, 1.807) is 0 Å². The molecule has 1 atom stereocenters. The summed E-state index contributed by atoms with van der Waals surface area (Å²) in [4.78, 5) is 13.9. The van der Waals surface area contributed by atoms with E-state index in [2.05, 4.69) is 175 Å². The van der Waals surface area contributed by atoms with Crippen LogP contribution in [0.4, 0.5) is 11.6 Å². The van der Waals surface area contributed by atoms with Crippen molar-refractivity contribution in [1.82, 2.24) is 9.97 Å². The topological polar surface area (TPSA) is 29.0 Å². The summed E-state index contributed by atoms with van der Waals surface area (Å²) in [5.41, 5.74) is 12.0. The summed E-state index contributed by atoms with van der Waals surface area (Å²) in [6, 6.07) is 61.8. The van der Waals surface area contributed by atoms with Crippen LogP contribution in [0.3, 0.4) is 0 Å². The van der Waals surface area contributed by atoms with Gasteiger partial charge in [-0.05, 0) is 60.8 Å². The van der Waals surface area contributed by atoms with Gasteiger partial charge in [0.15, 0.2) is 0 Å². The van der Waals surface area contributed by atoms with Gasteiger partial charge in [0.05, 0.1) is 27.6 Å². The van der Waals surface area contributed by atoms with Crippen molar-refractivity contribution in [3.63, 3.8) is 0 Å². The first-order chi connectivity index (χ1) is 27.3. The van der Waals surface area contributed by atoms with Gasteiger partial charge in [0, 0.05) is 37.4 Å². The van der Waals surface area contributed by atoms with E-state index in [1.807, 2.05) is 11.3 Å². The highest BCUT2D eigenvalue weighted by Gasteiger charge is 2.48. The van der Waals surface area contributed by atoms with Crippen molar-refractivity contribution >= 4 is 86.4 Å². The molecule has 1 aliphatic carbocycles. The smallest absolute Gasteiger partial charge is 0.232 e. The van der Waals surface area contributed by atoms with E-state index in [0.717, 1.165) is 33.5 Å². The molecule has 1 aliphatic heterocycles. The third-order valence-electron chi connectivity index (χ3n) is 12.0. The summed E-state index contributed by atoms with van der Waals surface area (Å²) in [7, 11) is 0. The average Bonchev–Trinajstić information content (AvgIpc) is 3.85. The molecule has 9 aromatic carbocycles. The number of rotatable bonds is 3. The van der Waals surface area contributed by atoms with Crippen LogP contribution in [-0.2, 0) is 0 Å². The summed E-state index contributed by atoms with van der Waals surface area (Å²) < 4.78 is 2.58. The molecule has 4 heteroatoms. The van der Waals surface area contributed by atoms with E-state index < -0.39 is 0 Å². The zero-order valence-corrected chi connectivity index (χ0v) is 30.3. The molecule has 3 nitrogen and oxygen atoms in total. The quantitative estimate of drug-likeness (QED) is 0.171. The number of benzene rings is 9. The fourth-order valence-corrected chi connectivity index (χ4v) is 10.8. The van der Waals surface area contributed by atoms with Crippen molar-refractivity contribution in [2.24, 2.45) is 0 Å². The number of thiophene rings is 1. The minimum atomic E-state index is 0.0737. The van der Waals surface area contributed by atoms with Crippen molar-refractivity contribution in [2.45, 2.75) is 6.04 Å². The number of hydrogen-bond acceptors (Lipinski definition) is 4. The zero-order chi connectivity index (χ0) is 35.8. The van der Waals surface area contributed by atoms with Crippen molar-refractivity contribution in [3.8, 4) is 33.5 Å². The van der Waals surface area contributed by atoms with Crippen molar-refractivity contribution in [3.05, 3.63) is 181 Å². The van der Waals surface area contributed by atoms with Crippen LogP contribution < -0.4 is 4.90 Å². The molecule has 0 bridgehead atoms. The van der Waals surface area contributed by atoms with Crippen LogP contribution in [0.1, 0.15) is 17.2 Å². The van der Waals surface area contributed by atoms with Crippen LogP contribution in [0.5, 0.6) is 0 Å². The molecule has 11 aromatic rings. The highest BCUT2D eigenvalue weighted by molar-refractivity contribution is 7.26. The predicted molar refractivity (Wildman–Crippen MR) is 232 cm³/mol. The highest BCUT2D eigenvalue weighted by atomic mass is 32.1. The van der Waals surface area contributed by atoms with Gasteiger partial charge >= 0.3 is 0 Å². The fourth-order valence-electron chi connectivity index (χ4n) is 9.55. The van der Waals surface area contributed by atoms with Gasteiger partial charge in [0.25, 0.3) is 0 Å². The largest absolute Gasteiger partial charge is 0.297 e. The summed E-state index contributed by atoms with van der Waals surface area (Å²) in [5, 5.41) is 11.0. The maximum atomic E-state index is 5.73.